The molecule has 0 bridgehead atoms. The van der Waals surface area contributed by atoms with E-state index >= 15 is 0 Å². The minimum absolute atomic E-state index is 0.411. The first-order valence-corrected chi connectivity index (χ1v) is 11.3. The average Bonchev–Trinajstić information content (AvgIpc) is 2.77. The Balaban J connectivity index is 1.64. The third-order valence-corrected chi connectivity index (χ3v) is 4.92. The normalized spacial score (nSPS) is 10.3. The van der Waals surface area contributed by atoms with Crippen LogP contribution in [-0.2, 0) is 0 Å². The fourth-order valence-electron chi connectivity index (χ4n) is 3.10. The Morgan fingerprint density at radius 3 is 2.00 bits per heavy atom. The number of unbranched alkanes of at least 4 members (excludes halogenated alkanes) is 8. The number of rotatable bonds is 14. The number of isothiocyanates is 1. The maximum Gasteiger partial charge on any atom is 0.343 e. The third kappa shape index (κ3) is 9.34. The summed E-state index contributed by atoms with van der Waals surface area (Å²) in [6.45, 7) is 2.95. The van der Waals surface area contributed by atoms with Gasteiger partial charge in [-0.25, -0.2) is 4.79 Å². The second kappa shape index (κ2) is 14.5. The van der Waals surface area contributed by atoms with Crippen LogP contribution in [0.4, 0.5) is 5.69 Å². The first-order valence-electron chi connectivity index (χ1n) is 10.9. The van der Waals surface area contributed by atoms with Gasteiger partial charge in [0.25, 0.3) is 0 Å². The van der Waals surface area contributed by atoms with Crippen LogP contribution in [-0.4, -0.2) is 17.7 Å². The quantitative estimate of drug-likeness (QED) is 0.103. The van der Waals surface area contributed by atoms with Gasteiger partial charge in [-0.3, -0.25) is 0 Å². The van der Waals surface area contributed by atoms with E-state index in [0.717, 1.165) is 12.2 Å². The van der Waals surface area contributed by atoms with E-state index in [1.54, 1.807) is 36.4 Å². The van der Waals surface area contributed by atoms with Crippen LogP contribution in [0.5, 0.6) is 11.5 Å². The smallest absolute Gasteiger partial charge is 0.343 e. The van der Waals surface area contributed by atoms with Gasteiger partial charge in [-0.2, -0.15) is 4.99 Å². The molecule has 0 aliphatic rings. The lowest BCUT2D eigenvalue weighted by atomic mass is 10.1. The zero-order chi connectivity index (χ0) is 21.4. The minimum atomic E-state index is -0.411. The van der Waals surface area contributed by atoms with Crippen molar-refractivity contribution in [3.05, 3.63) is 54.1 Å². The highest BCUT2D eigenvalue weighted by molar-refractivity contribution is 7.78. The maximum absolute atomic E-state index is 12.3. The standard InChI is InChI=1S/C25H31NO3S/c1-2-3-4-5-6-7-8-9-10-19-28-23-15-11-21(12-16-23)25(27)29-24-17-13-22(14-18-24)26-20-30/h11-18H,2-10,19H2,1H3. The minimum Gasteiger partial charge on any atom is -0.494 e. The van der Waals surface area contributed by atoms with Crippen molar-refractivity contribution in [2.24, 2.45) is 4.99 Å². The summed E-state index contributed by atoms with van der Waals surface area (Å²) < 4.78 is 11.2. The van der Waals surface area contributed by atoms with Gasteiger partial charge in [-0.1, -0.05) is 58.3 Å². The summed E-state index contributed by atoms with van der Waals surface area (Å²) in [6.07, 6.45) is 11.6. The molecule has 0 heterocycles. The summed E-state index contributed by atoms with van der Waals surface area (Å²) in [5.74, 6) is 0.814. The molecule has 0 aromatic heterocycles. The lowest BCUT2D eigenvalue weighted by Crippen LogP contribution is -2.08. The van der Waals surface area contributed by atoms with Crippen LogP contribution >= 0.6 is 12.2 Å². The van der Waals surface area contributed by atoms with Crippen molar-refractivity contribution in [3.8, 4) is 11.5 Å². The molecular formula is C25H31NO3S. The third-order valence-electron chi connectivity index (χ3n) is 4.83. The highest BCUT2D eigenvalue weighted by atomic mass is 32.1. The monoisotopic (exact) mass is 425 g/mol. The van der Waals surface area contributed by atoms with Crippen molar-refractivity contribution in [2.75, 3.05) is 6.61 Å². The second-order valence-electron chi connectivity index (χ2n) is 7.29. The molecule has 2 aromatic rings. The van der Waals surface area contributed by atoms with Gasteiger partial charge in [-0.15, -0.1) is 0 Å². The molecule has 0 saturated heterocycles. The molecule has 160 valence electrons. The van der Waals surface area contributed by atoms with Gasteiger partial charge < -0.3 is 9.47 Å². The Morgan fingerprint density at radius 1 is 0.833 bits per heavy atom. The van der Waals surface area contributed by atoms with E-state index in [-0.39, 0.29) is 0 Å². The maximum atomic E-state index is 12.3. The van der Waals surface area contributed by atoms with E-state index in [1.807, 2.05) is 12.1 Å². The highest BCUT2D eigenvalue weighted by Gasteiger charge is 2.09. The molecule has 2 rings (SSSR count). The predicted molar refractivity (Wildman–Crippen MR) is 125 cm³/mol. The van der Waals surface area contributed by atoms with E-state index < -0.39 is 5.97 Å². The van der Waals surface area contributed by atoms with E-state index in [2.05, 4.69) is 29.3 Å². The topological polar surface area (TPSA) is 47.9 Å². The molecule has 0 spiro atoms. The Hall–Kier alpha value is -2.49. The predicted octanol–water partition coefficient (Wildman–Crippen LogP) is 7.55. The molecule has 0 unspecified atom stereocenters. The fourth-order valence-corrected chi connectivity index (χ4v) is 3.20. The molecule has 30 heavy (non-hydrogen) atoms. The van der Waals surface area contributed by atoms with Crippen molar-refractivity contribution >= 4 is 29.0 Å². The van der Waals surface area contributed by atoms with Gasteiger partial charge in [-0.05, 0) is 67.2 Å². The van der Waals surface area contributed by atoms with Crippen molar-refractivity contribution in [1.29, 1.82) is 0 Å². The number of hydrogen-bond acceptors (Lipinski definition) is 5. The molecule has 0 aliphatic heterocycles. The molecule has 5 heteroatoms. The Bertz CT molecular complexity index is 796. The van der Waals surface area contributed by atoms with Crippen LogP contribution in [0.2, 0.25) is 0 Å². The van der Waals surface area contributed by atoms with E-state index in [1.165, 1.54) is 51.4 Å². The molecule has 0 saturated carbocycles. The van der Waals surface area contributed by atoms with Crippen molar-refractivity contribution < 1.29 is 14.3 Å². The van der Waals surface area contributed by atoms with Crippen LogP contribution in [0.1, 0.15) is 75.1 Å². The zero-order valence-electron chi connectivity index (χ0n) is 17.8. The van der Waals surface area contributed by atoms with Crippen LogP contribution < -0.4 is 9.47 Å². The molecule has 0 radical (unpaired) electrons. The average molecular weight is 426 g/mol. The number of benzene rings is 2. The Morgan fingerprint density at radius 2 is 1.40 bits per heavy atom. The molecule has 2 aromatic carbocycles. The number of hydrogen-bond donors (Lipinski definition) is 0. The number of ether oxygens (including phenoxy) is 2. The molecule has 0 aliphatic carbocycles. The summed E-state index contributed by atoms with van der Waals surface area (Å²) in [4.78, 5) is 16.1. The first-order chi connectivity index (χ1) is 14.7. The summed E-state index contributed by atoms with van der Waals surface area (Å²) in [6, 6.07) is 13.8. The second-order valence-corrected chi connectivity index (χ2v) is 7.47. The van der Waals surface area contributed by atoms with Gasteiger partial charge in [0.1, 0.15) is 11.5 Å². The summed E-state index contributed by atoms with van der Waals surface area (Å²) in [5.41, 5.74) is 1.14. The number of carbonyl (C=O) groups excluding carboxylic acids is 1. The van der Waals surface area contributed by atoms with Gasteiger partial charge >= 0.3 is 5.97 Å². The van der Waals surface area contributed by atoms with Gasteiger partial charge in [0.05, 0.1) is 23.0 Å². The number of esters is 1. The fraction of sp³-hybridized carbons (Fsp3) is 0.440. The Labute approximate surface area is 185 Å². The lowest BCUT2D eigenvalue weighted by Gasteiger charge is -2.08. The summed E-state index contributed by atoms with van der Waals surface area (Å²) >= 11 is 4.57. The Kier molecular flexibility index (Phi) is 11.5. The summed E-state index contributed by atoms with van der Waals surface area (Å²) in [5, 5.41) is 2.30. The van der Waals surface area contributed by atoms with Crippen LogP contribution in [0.25, 0.3) is 0 Å². The number of nitrogens with zero attached hydrogens (tertiary/aromatic N) is 1. The molecule has 0 atom stereocenters. The van der Waals surface area contributed by atoms with Crippen molar-refractivity contribution in [3.63, 3.8) is 0 Å². The highest BCUT2D eigenvalue weighted by Crippen LogP contribution is 2.20. The van der Waals surface area contributed by atoms with Gasteiger partial charge in [0.15, 0.2) is 0 Å². The van der Waals surface area contributed by atoms with Crippen molar-refractivity contribution in [2.45, 2.75) is 64.7 Å². The number of thiocarbonyl (C=S) groups is 1. The van der Waals surface area contributed by atoms with Crippen LogP contribution in [0.3, 0.4) is 0 Å². The van der Waals surface area contributed by atoms with Gasteiger partial charge in [0, 0.05) is 0 Å². The molecule has 4 nitrogen and oxygen atoms in total. The summed E-state index contributed by atoms with van der Waals surface area (Å²) in [7, 11) is 0. The number of aliphatic imine (C=N–C) groups is 1. The SMILES string of the molecule is CCCCCCCCCCCOc1ccc(C(=O)Oc2ccc(N=C=S)cc2)cc1. The largest absolute Gasteiger partial charge is 0.494 e. The van der Waals surface area contributed by atoms with E-state index in [9.17, 15) is 4.79 Å². The zero-order valence-corrected chi connectivity index (χ0v) is 18.6. The molecule has 0 fully saturated rings. The molecule has 0 N–H and O–H groups in total. The lowest BCUT2D eigenvalue weighted by molar-refractivity contribution is 0.0734. The first kappa shape index (κ1) is 23.8. The van der Waals surface area contributed by atoms with Gasteiger partial charge in [0.2, 0.25) is 0 Å². The van der Waals surface area contributed by atoms with Crippen LogP contribution in [0.15, 0.2) is 53.5 Å². The number of carbonyl (C=O) groups is 1. The van der Waals surface area contributed by atoms with E-state index in [4.69, 9.17) is 9.47 Å². The van der Waals surface area contributed by atoms with Crippen molar-refractivity contribution in [1.82, 2.24) is 0 Å². The molecule has 0 amide bonds. The van der Waals surface area contributed by atoms with E-state index in [0.29, 0.717) is 23.6 Å². The molecular weight excluding hydrogens is 394 g/mol. The van der Waals surface area contributed by atoms with Crippen LogP contribution in [0, 0.1) is 0 Å².